The van der Waals surface area contributed by atoms with Crippen molar-refractivity contribution in [3.63, 3.8) is 0 Å². The van der Waals surface area contributed by atoms with E-state index in [0.29, 0.717) is 22.3 Å². The summed E-state index contributed by atoms with van der Waals surface area (Å²) in [6.45, 7) is 0. The lowest BCUT2D eigenvalue weighted by atomic mass is 9.99. The Balaban J connectivity index is 2.40. The summed E-state index contributed by atoms with van der Waals surface area (Å²) in [6, 6.07) is 9.76. The Labute approximate surface area is 116 Å². The minimum atomic E-state index is 0.00258. The molecule has 0 atom stereocenters. The summed E-state index contributed by atoms with van der Waals surface area (Å²) in [5, 5.41) is 20.0. The van der Waals surface area contributed by atoms with Gasteiger partial charge in [0.25, 0.3) is 0 Å². The van der Waals surface area contributed by atoms with Crippen molar-refractivity contribution >= 4 is 12.6 Å². The van der Waals surface area contributed by atoms with Crippen molar-refractivity contribution in [1.82, 2.24) is 0 Å². The van der Waals surface area contributed by atoms with Gasteiger partial charge in [-0.25, -0.2) is 0 Å². The van der Waals surface area contributed by atoms with Crippen molar-refractivity contribution in [2.45, 2.75) is 12.8 Å². The van der Waals surface area contributed by atoms with Crippen LogP contribution < -0.4 is 0 Å². The fraction of sp³-hybridized carbons (Fsp3) is 0.125. The van der Waals surface area contributed by atoms with E-state index in [-0.39, 0.29) is 24.3 Å². The highest BCUT2D eigenvalue weighted by molar-refractivity contribution is 5.76. The number of hydrogen-bond acceptors (Lipinski definition) is 4. The Bertz CT molecular complexity index is 589. The van der Waals surface area contributed by atoms with Gasteiger partial charge in [0, 0.05) is 24.0 Å². The number of phenols is 2. The summed E-state index contributed by atoms with van der Waals surface area (Å²) in [4.78, 5) is 20.9. The minimum absolute atomic E-state index is 0.00258. The number of benzene rings is 2. The second-order valence-corrected chi connectivity index (χ2v) is 4.44. The normalized spacial score (nSPS) is 10.2. The molecular weight excluding hydrogens is 256 g/mol. The molecule has 4 heteroatoms. The standard InChI is InChI=1S/C16H14O4/c17-7-5-11-1-3-13(15(19)9-11)14-4-2-12(6-8-18)10-16(14)20/h1-4,7-10,19-20H,5-6H2. The smallest absolute Gasteiger partial charge is 0.124 e. The van der Waals surface area contributed by atoms with Crippen LogP contribution in [0.1, 0.15) is 11.1 Å². The molecule has 2 aromatic rings. The van der Waals surface area contributed by atoms with Gasteiger partial charge >= 0.3 is 0 Å². The quantitative estimate of drug-likeness (QED) is 0.817. The predicted molar refractivity (Wildman–Crippen MR) is 74.7 cm³/mol. The third-order valence-electron chi connectivity index (χ3n) is 3.05. The van der Waals surface area contributed by atoms with Gasteiger partial charge in [0.1, 0.15) is 24.1 Å². The van der Waals surface area contributed by atoms with Gasteiger partial charge in [0.05, 0.1) is 0 Å². The summed E-state index contributed by atoms with van der Waals surface area (Å²) in [5.74, 6) is 0.00516. The molecule has 0 saturated carbocycles. The number of aromatic hydroxyl groups is 2. The Morgan fingerprint density at radius 2 is 1.15 bits per heavy atom. The molecule has 0 aliphatic heterocycles. The van der Waals surface area contributed by atoms with Crippen LogP contribution >= 0.6 is 0 Å². The molecule has 0 saturated heterocycles. The molecule has 0 heterocycles. The highest BCUT2D eigenvalue weighted by atomic mass is 16.3. The number of hydrogen-bond donors (Lipinski definition) is 2. The monoisotopic (exact) mass is 270 g/mol. The summed E-state index contributed by atoms with van der Waals surface area (Å²) < 4.78 is 0. The first-order chi connectivity index (χ1) is 9.65. The van der Waals surface area contributed by atoms with E-state index in [0.717, 1.165) is 12.6 Å². The number of carbonyl (C=O) groups excluding carboxylic acids is 2. The third-order valence-corrected chi connectivity index (χ3v) is 3.05. The molecule has 0 amide bonds. The lowest BCUT2D eigenvalue weighted by Crippen LogP contribution is -1.89. The molecule has 0 fully saturated rings. The van der Waals surface area contributed by atoms with E-state index in [4.69, 9.17) is 0 Å². The largest absolute Gasteiger partial charge is 0.507 e. The lowest BCUT2D eigenvalue weighted by molar-refractivity contribution is -0.108. The maximum Gasteiger partial charge on any atom is 0.124 e. The van der Waals surface area contributed by atoms with Crippen molar-refractivity contribution in [1.29, 1.82) is 0 Å². The van der Waals surface area contributed by atoms with Crippen LogP contribution in [0.5, 0.6) is 11.5 Å². The van der Waals surface area contributed by atoms with Crippen LogP contribution in [-0.4, -0.2) is 22.8 Å². The van der Waals surface area contributed by atoms with Gasteiger partial charge in [0.15, 0.2) is 0 Å². The zero-order valence-electron chi connectivity index (χ0n) is 10.7. The van der Waals surface area contributed by atoms with Crippen molar-refractivity contribution in [3.8, 4) is 22.6 Å². The van der Waals surface area contributed by atoms with Crippen molar-refractivity contribution in [2.75, 3.05) is 0 Å². The molecule has 0 radical (unpaired) electrons. The molecule has 0 aliphatic carbocycles. The van der Waals surface area contributed by atoms with E-state index >= 15 is 0 Å². The zero-order valence-corrected chi connectivity index (χ0v) is 10.7. The van der Waals surface area contributed by atoms with Gasteiger partial charge in [-0.1, -0.05) is 24.3 Å². The van der Waals surface area contributed by atoms with Gasteiger partial charge in [-0.05, 0) is 23.3 Å². The summed E-state index contributed by atoms with van der Waals surface area (Å²) in [7, 11) is 0. The fourth-order valence-electron chi connectivity index (χ4n) is 2.06. The number of carbonyl (C=O) groups is 2. The summed E-state index contributed by atoms with van der Waals surface area (Å²) >= 11 is 0. The van der Waals surface area contributed by atoms with Gasteiger partial charge in [-0.15, -0.1) is 0 Å². The van der Waals surface area contributed by atoms with Crippen molar-refractivity contribution in [3.05, 3.63) is 47.5 Å². The highest BCUT2D eigenvalue weighted by Crippen LogP contribution is 2.36. The first kappa shape index (κ1) is 13.8. The van der Waals surface area contributed by atoms with Crippen LogP contribution in [0.2, 0.25) is 0 Å². The molecule has 4 nitrogen and oxygen atoms in total. The first-order valence-electron chi connectivity index (χ1n) is 6.17. The molecule has 0 spiro atoms. The Kier molecular flexibility index (Phi) is 4.15. The molecule has 2 rings (SSSR count). The SMILES string of the molecule is O=CCc1ccc(-c2ccc(CC=O)cc2O)c(O)c1. The third kappa shape index (κ3) is 2.85. The topological polar surface area (TPSA) is 74.6 Å². The molecule has 0 bridgehead atoms. The van der Waals surface area contributed by atoms with Gasteiger partial charge in [0.2, 0.25) is 0 Å². The van der Waals surface area contributed by atoms with E-state index in [2.05, 4.69) is 0 Å². The summed E-state index contributed by atoms with van der Waals surface area (Å²) in [6.07, 6.45) is 2.00. The predicted octanol–water partition coefficient (Wildman–Crippen LogP) is 2.25. The summed E-state index contributed by atoms with van der Waals surface area (Å²) in [5.41, 5.74) is 2.38. The first-order valence-corrected chi connectivity index (χ1v) is 6.17. The molecule has 0 aliphatic rings. The van der Waals surface area contributed by atoms with Crippen LogP contribution in [0.25, 0.3) is 11.1 Å². The molecule has 102 valence electrons. The van der Waals surface area contributed by atoms with Crippen LogP contribution in [0.4, 0.5) is 0 Å². The average molecular weight is 270 g/mol. The fourth-order valence-corrected chi connectivity index (χ4v) is 2.06. The lowest BCUT2D eigenvalue weighted by Gasteiger charge is -2.09. The van der Waals surface area contributed by atoms with Crippen LogP contribution in [0, 0.1) is 0 Å². The van der Waals surface area contributed by atoms with E-state index in [9.17, 15) is 19.8 Å². The molecule has 0 aromatic heterocycles. The Morgan fingerprint density at radius 1 is 0.750 bits per heavy atom. The number of aldehydes is 2. The molecule has 2 N–H and O–H groups in total. The van der Waals surface area contributed by atoms with Crippen LogP contribution in [0.15, 0.2) is 36.4 Å². The number of phenolic OH excluding ortho intramolecular Hbond substituents is 2. The van der Waals surface area contributed by atoms with E-state index in [1.54, 1.807) is 24.3 Å². The Hall–Kier alpha value is -2.62. The zero-order chi connectivity index (χ0) is 14.5. The van der Waals surface area contributed by atoms with E-state index in [1.807, 2.05) is 0 Å². The molecule has 2 aromatic carbocycles. The average Bonchev–Trinajstić information content (AvgIpc) is 2.41. The van der Waals surface area contributed by atoms with Crippen LogP contribution in [-0.2, 0) is 22.4 Å². The minimum Gasteiger partial charge on any atom is -0.507 e. The van der Waals surface area contributed by atoms with Gasteiger partial charge < -0.3 is 19.8 Å². The molecular formula is C16H14O4. The Morgan fingerprint density at radius 3 is 1.45 bits per heavy atom. The van der Waals surface area contributed by atoms with Gasteiger partial charge in [-0.2, -0.15) is 0 Å². The maximum atomic E-state index is 10.4. The van der Waals surface area contributed by atoms with Crippen molar-refractivity contribution in [2.24, 2.45) is 0 Å². The highest BCUT2D eigenvalue weighted by Gasteiger charge is 2.10. The van der Waals surface area contributed by atoms with Gasteiger partial charge in [-0.3, -0.25) is 0 Å². The van der Waals surface area contributed by atoms with E-state index < -0.39 is 0 Å². The maximum absolute atomic E-state index is 10.4. The second kappa shape index (κ2) is 6.02. The van der Waals surface area contributed by atoms with Crippen molar-refractivity contribution < 1.29 is 19.8 Å². The molecule has 0 unspecified atom stereocenters. The number of rotatable bonds is 5. The van der Waals surface area contributed by atoms with E-state index in [1.165, 1.54) is 12.1 Å². The molecule has 20 heavy (non-hydrogen) atoms. The second-order valence-electron chi connectivity index (χ2n) is 4.44. The van der Waals surface area contributed by atoms with Crippen LogP contribution in [0.3, 0.4) is 0 Å².